The minimum absolute atomic E-state index is 0.0629. The summed E-state index contributed by atoms with van der Waals surface area (Å²) in [6.45, 7) is 5.11. The van der Waals surface area contributed by atoms with Gasteiger partial charge in [0.1, 0.15) is 6.04 Å². The van der Waals surface area contributed by atoms with E-state index in [9.17, 15) is 4.79 Å². The van der Waals surface area contributed by atoms with Crippen LogP contribution in [0.5, 0.6) is 0 Å². The molecule has 1 heterocycles. The number of likely N-dealkylation sites (tertiary alicyclic amines) is 1. The van der Waals surface area contributed by atoms with Gasteiger partial charge in [0.25, 0.3) is 0 Å². The highest BCUT2D eigenvalue weighted by molar-refractivity contribution is 5.77. The number of carbonyl (C=O) groups excluding carboxylic acids is 1. The van der Waals surface area contributed by atoms with Crippen LogP contribution in [0.1, 0.15) is 84.5 Å². The minimum atomic E-state index is -0.229. The summed E-state index contributed by atoms with van der Waals surface area (Å²) in [5.74, 6) is 0.436. The van der Waals surface area contributed by atoms with E-state index in [0.717, 1.165) is 25.8 Å². The van der Waals surface area contributed by atoms with Gasteiger partial charge in [0.15, 0.2) is 0 Å². The lowest BCUT2D eigenvalue weighted by molar-refractivity contribution is -0.131. The fraction of sp³-hybridized carbons (Fsp3) is 0.895. The normalized spacial score (nSPS) is 20.3. The highest BCUT2D eigenvalue weighted by atomic mass is 16.2. The first-order valence-corrected chi connectivity index (χ1v) is 9.54. The molecule has 1 aliphatic heterocycles. The van der Waals surface area contributed by atoms with Crippen LogP contribution in [0, 0.1) is 17.2 Å². The van der Waals surface area contributed by atoms with Gasteiger partial charge in [-0.15, -0.1) is 0 Å². The molecule has 0 saturated carbocycles. The topological polar surface area (TPSA) is 70.1 Å². The largest absolute Gasteiger partial charge is 0.327 e. The van der Waals surface area contributed by atoms with Crippen molar-refractivity contribution in [2.75, 3.05) is 6.54 Å². The molecule has 23 heavy (non-hydrogen) atoms. The third-order valence-electron chi connectivity index (χ3n) is 5.13. The van der Waals surface area contributed by atoms with Crippen molar-refractivity contribution in [3.05, 3.63) is 0 Å². The van der Waals surface area contributed by atoms with Crippen molar-refractivity contribution in [2.24, 2.45) is 11.7 Å². The molecule has 3 atom stereocenters. The number of nitriles is 1. The second-order valence-corrected chi connectivity index (χ2v) is 7.13. The van der Waals surface area contributed by atoms with Crippen molar-refractivity contribution in [2.45, 2.75) is 96.6 Å². The molecule has 0 aromatic rings. The third-order valence-corrected chi connectivity index (χ3v) is 5.13. The Bertz CT molecular complexity index is 377. The summed E-state index contributed by atoms with van der Waals surface area (Å²) in [6.07, 6.45) is 12.4. The van der Waals surface area contributed by atoms with E-state index in [1.807, 2.05) is 0 Å². The molecule has 0 unspecified atom stereocenters. The monoisotopic (exact) mass is 321 g/mol. The van der Waals surface area contributed by atoms with E-state index >= 15 is 0 Å². The summed E-state index contributed by atoms with van der Waals surface area (Å²) < 4.78 is 0. The third kappa shape index (κ3) is 7.35. The quantitative estimate of drug-likeness (QED) is 0.585. The van der Waals surface area contributed by atoms with Crippen LogP contribution in [0.4, 0.5) is 0 Å². The first-order chi connectivity index (χ1) is 11.1. The molecule has 4 heteroatoms. The summed E-state index contributed by atoms with van der Waals surface area (Å²) in [5, 5.41) is 9.07. The zero-order chi connectivity index (χ0) is 17.1. The molecule has 0 radical (unpaired) electrons. The summed E-state index contributed by atoms with van der Waals surface area (Å²) in [5.41, 5.74) is 6.22. The van der Waals surface area contributed by atoms with E-state index in [1.165, 1.54) is 44.9 Å². The predicted molar refractivity (Wildman–Crippen MR) is 94.7 cm³/mol. The molecule has 0 bridgehead atoms. The second kappa shape index (κ2) is 11.5. The molecule has 1 aliphatic rings. The predicted octanol–water partition coefficient (Wildman–Crippen LogP) is 4.00. The Hall–Kier alpha value is -1.08. The summed E-state index contributed by atoms with van der Waals surface area (Å²) in [7, 11) is 0. The molecule has 1 saturated heterocycles. The van der Waals surface area contributed by atoms with Crippen LogP contribution in [-0.4, -0.2) is 29.4 Å². The zero-order valence-corrected chi connectivity index (χ0v) is 15.1. The van der Waals surface area contributed by atoms with E-state index in [0.29, 0.717) is 12.3 Å². The lowest BCUT2D eigenvalue weighted by atomic mass is 9.93. The van der Waals surface area contributed by atoms with Crippen molar-refractivity contribution in [1.82, 2.24) is 4.90 Å². The smallest absolute Gasteiger partial charge is 0.225 e. The maximum Gasteiger partial charge on any atom is 0.225 e. The first kappa shape index (κ1) is 20.0. The van der Waals surface area contributed by atoms with Gasteiger partial charge in [0, 0.05) is 19.0 Å². The maximum absolute atomic E-state index is 12.3. The van der Waals surface area contributed by atoms with Crippen LogP contribution in [0.25, 0.3) is 0 Å². The molecule has 0 spiro atoms. The van der Waals surface area contributed by atoms with Crippen LogP contribution in [0.3, 0.4) is 0 Å². The summed E-state index contributed by atoms with van der Waals surface area (Å²) in [4.78, 5) is 14.0. The number of unbranched alkanes of at least 4 members (excludes halogenated alkanes) is 6. The first-order valence-electron chi connectivity index (χ1n) is 9.54. The van der Waals surface area contributed by atoms with Gasteiger partial charge in [0.05, 0.1) is 6.07 Å². The molecule has 132 valence electrons. The molecule has 0 aliphatic carbocycles. The molecule has 0 aromatic carbocycles. The van der Waals surface area contributed by atoms with Crippen molar-refractivity contribution in [3.63, 3.8) is 0 Å². The Morgan fingerprint density at radius 1 is 1.26 bits per heavy atom. The Balaban J connectivity index is 2.17. The standard InChI is InChI=1S/C19H35N3O/c1-3-4-5-6-7-8-9-11-16(2)18(21)14-19(23)22-13-10-12-17(22)15-20/h16-18H,3-14,21H2,1-2H3/t16-,17+,18-/m0/s1. The van der Waals surface area contributed by atoms with Crippen LogP contribution in [0.2, 0.25) is 0 Å². The fourth-order valence-corrected chi connectivity index (χ4v) is 3.36. The highest BCUT2D eigenvalue weighted by Crippen LogP contribution is 2.20. The molecular weight excluding hydrogens is 286 g/mol. The van der Waals surface area contributed by atoms with Gasteiger partial charge in [-0.25, -0.2) is 0 Å². The molecule has 0 aromatic heterocycles. The highest BCUT2D eigenvalue weighted by Gasteiger charge is 2.29. The molecule has 2 N–H and O–H groups in total. The minimum Gasteiger partial charge on any atom is -0.327 e. The van der Waals surface area contributed by atoms with Crippen LogP contribution >= 0.6 is 0 Å². The number of hydrogen-bond acceptors (Lipinski definition) is 3. The molecule has 1 amide bonds. The Morgan fingerprint density at radius 2 is 1.91 bits per heavy atom. The van der Waals surface area contributed by atoms with E-state index in [4.69, 9.17) is 11.0 Å². The van der Waals surface area contributed by atoms with Gasteiger partial charge in [0.2, 0.25) is 5.91 Å². The number of hydrogen-bond donors (Lipinski definition) is 1. The van der Waals surface area contributed by atoms with E-state index in [2.05, 4.69) is 19.9 Å². The number of rotatable bonds is 11. The average Bonchev–Trinajstić information content (AvgIpc) is 3.02. The van der Waals surface area contributed by atoms with Gasteiger partial charge >= 0.3 is 0 Å². The number of carbonyl (C=O) groups is 1. The Kier molecular flexibility index (Phi) is 9.94. The van der Waals surface area contributed by atoms with Gasteiger partial charge in [-0.05, 0) is 25.2 Å². The molecule has 4 nitrogen and oxygen atoms in total. The number of nitrogens with two attached hydrogens (primary N) is 1. The van der Waals surface area contributed by atoms with Crippen molar-refractivity contribution in [1.29, 1.82) is 5.26 Å². The zero-order valence-electron chi connectivity index (χ0n) is 15.1. The Labute approximate surface area is 142 Å². The maximum atomic E-state index is 12.3. The molecule has 1 rings (SSSR count). The SMILES string of the molecule is CCCCCCCCC[C@H](C)[C@@H](N)CC(=O)N1CCC[C@@H]1C#N. The summed E-state index contributed by atoms with van der Waals surface area (Å²) in [6, 6.07) is 1.91. The number of amides is 1. The fourth-order valence-electron chi connectivity index (χ4n) is 3.36. The summed E-state index contributed by atoms with van der Waals surface area (Å²) >= 11 is 0. The lowest BCUT2D eigenvalue weighted by Gasteiger charge is -2.24. The van der Waals surface area contributed by atoms with Crippen molar-refractivity contribution in [3.8, 4) is 6.07 Å². The van der Waals surface area contributed by atoms with Crippen LogP contribution in [0.15, 0.2) is 0 Å². The molecule has 1 fully saturated rings. The van der Waals surface area contributed by atoms with Gasteiger partial charge in [-0.1, -0.05) is 58.8 Å². The van der Waals surface area contributed by atoms with Crippen molar-refractivity contribution < 1.29 is 4.79 Å². The van der Waals surface area contributed by atoms with E-state index in [1.54, 1.807) is 4.90 Å². The van der Waals surface area contributed by atoms with E-state index in [-0.39, 0.29) is 18.0 Å². The van der Waals surface area contributed by atoms with E-state index < -0.39 is 0 Å². The molecular formula is C19H35N3O. The van der Waals surface area contributed by atoms with Crippen molar-refractivity contribution >= 4 is 5.91 Å². The number of nitrogens with zero attached hydrogens (tertiary/aromatic N) is 2. The van der Waals surface area contributed by atoms with Gasteiger partial charge in [-0.3, -0.25) is 4.79 Å². The van der Waals surface area contributed by atoms with Crippen LogP contribution < -0.4 is 5.73 Å². The van der Waals surface area contributed by atoms with Crippen LogP contribution in [-0.2, 0) is 4.79 Å². The van der Waals surface area contributed by atoms with Gasteiger partial charge < -0.3 is 10.6 Å². The Morgan fingerprint density at radius 3 is 2.57 bits per heavy atom. The lowest BCUT2D eigenvalue weighted by Crippen LogP contribution is -2.40. The van der Waals surface area contributed by atoms with Gasteiger partial charge in [-0.2, -0.15) is 5.26 Å². The second-order valence-electron chi connectivity index (χ2n) is 7.13. The average molecular weight is 322 g/mol.